The van der Waals surface area contributed by atoms with Crippen molar-refractivity contribution in [3.05, 3.63) is 34.9 Å². The van der Waals surface area contributed by atoms with E-state index in [1.165, 1.54) is 0 Å². The lowest BCUT2D eigenvalue weighted by Gasteiger charge is -2.27. The van der Waals surface area contributed by atoms with Crippen LogP contribution in [0.1, 0.15) is 12.0 Å². The second kappa shape index (κ2) is 7.77. The summed E-state index contributed by atoms with van der Waals surface area (Å²) >= 11 is 5.97. The van der Waals surface area contributed by atoms with Gasteiger partial charge >= 0.3 is 6.03 Å². The maximum atomic E-state index is 12.5. The van der Waals surface area contributed by atoms with E-state index in [2.05, 4.69) is 17.0 Å². The molecule has 1 fully saturated rings. The highest BCUT2D eigenvalue weighted by Gasteiger charge is 2.46. The molecule has 132 valence electrons. The van der Waals surface area contributed by atoms with Crippen LogP contribution in [0.25, 0.3) is 0 Å². The number of likely N-dealkylation sites (tertiary alicyclic amines) is 1. The molecule has 0 aliphatic carbocycles. The van der Waals surface area contributed by atoms with Crippen LogP contribution in [-0.4, -0.2) is 61.6 Å². The van der Waals surface area contributed by atoms with Crippen molar-refractivity contribution in [2.45, 2.75) is 12.6 Å². The Morgan fingerprint density at radius 2 is 2.36 bits per heavy atom. The van der Waals surface area contributed by atoms with E-state index in [0.29, 0.717) is 30.4 Å². The monoisotopic (exact) mass is 361 g/mol. The van der Waals surface area contributed by atoms with Crippen LogP contribution in [0.3, 0.4) is 0 Å². The Hall–Kier alpha value is -2.23. The van der Waals surface area contributed by atoms with Crippen molar-refractivity contribution in [3.8, 4) is 11.8 Å². The number of hydrogen-bond acceptors (Lipinski definition) is 4. The van der Waals surface area contributed by atoms with Crippen LogP contribution in [0, 0.1) is 17.8 Å². The highest BCUT2D eigenvalue weighted by atomic mass is 35.5. The topological polar surface area (TPSA) is 54.4 Å². The number of halogens is 1. The summed E-state index contributed by atoms with van der Waals surface area (Å²) in [7, 11) is 3.37. The van der Waals surface area contributed by atoms with E-state index in [1.54, 1.807) is 36.1 Å². The summed E-state index contributed by atoms with van der Waals surface area (Å²) in [5.74, 6) is 6.14. The molecule has 0 aromatic heterocycles. The van der Waals surface area contributed by atoms with Gasteiger partial charge in [-0.15, -0.1) is 0 Å². The van der Waals surface area contributed by atoms with E-state index in [9.17, 15) is 4.79 Å². The predicted octanol–water partition coefficient (Wildman–Crippen LogP) is 2.42. The van der Waals surface area contributed by atoms with Gasteiger partial charge in [0.25, 0.3) is 0 Å². The first-order valence-electron chi connectivity index (χ1n) is 8.12. The summed E-state index contributed by atoms with van der Waals surface area (Å²) in [5.41, 5.74) is 1.50. The number of nitrogens with zero attached hydrogens (tertiary/aromatic N) is 3. The van der Waals surface area contributed by atoms with Gasteiger partial charge in [0.15, 0.2) is 0 Å². The van der Waals surface area contributed by atoms with Crippen molar-refractivity contribution in [2.75, 3.05) is 33.9 Å². The second-order valence-electron chi connectivity index (χ2n) is 6.02. The van der Waals surface area contributed by atoms with E-state index in [-0.39, 0.29) is 18.2 Å². The molecule has 3 rings (SSSR count). The smallest absolute Gasteiger partial charge is 0.322 e. The summed E-state index contributed by atoms with van der Waals surface area (Å²) in [4.78, 5) is 21.4. The maximum absolute atomic E-state index is 12.5. The minimum Gasteiger partial charge on any atom is -0.383 e. The van der Waals surface area contributed by atoms with E-state index < -0.39 is 0 Å². The summed E-state index contributed by atoms with van der Waals surface area (Å²) in [5, 5.41) is 4.73. The maximum Gasteiger partial charge on any atom is 0.322 e. The number of urea groups is 1. The molecule has 2 heterocycles. The van der Waals surface area contributed by atoms with Crippen molar-refractivity contribution in [2.24, 2.45) is 11.1 Å². The van der Waals surface area contributed by atoms with Gasteiger partial charge in [-0.25, -0.2) is 4.79 Å². The molecular weight excluding hydrogens is 342 g/mol. The van der Waals surface area contributed by atoms with Gasteiger partial charge in [0.05, 0.1) is 12.5 Å². The number of likely N-dealkylation sites (N-methyl/N-ethyl adjacent to an activating group) is 1. The molecule has 1 saturated heterocycles. The molecule has 0 N–H and O–H groups in total. The quantitative estimate of drug-likeness (QED) is 0.777. The number of ether oxygens (including phenoxy) is 1. The minimum atomic E-state index is -0.374. The van der Waals surface area contributed by atoms with Gasteiger partial charge in [-0.2, -0.15) is 0 Å². The lowest BCUT2D eigenvalue weighted by molar-refractivity contribution is -0.0133. The van der Waals surface area contributed by atoms with Crippen molar-refractivity contribution in [1.29, 1.82) is 0 Å². The number of oxime groups is 1. The molecule has 0 bridgehead atoms. The lowest BCUT2D eigenvalue weighted by Crippen LogP contribution is -2.46. The normalized spacial score (nSPS) is 21.1. The highest BCUT2D eigenvalue weighted by molar-refractivity contribution is 6.30. The number of amides is 2. The Morgan fingerprint density at radius 1 is 1.52 bits per heavy atom. The van der Waals surface area contributed by atoms with E-state index in [4.69, 9.17) is 21.2 Å². The third-order valence-electron chi connectivity index (χ3n) is 4.31. The van der Waals surface area contributed by atoms with Crippen LogP contribution in [0.15, 0.2) is 29.4 Å². The first-order chi connectivity index (χ1) is 12.1. The summed E-state index contributed by atoms with van der Waals surface area (Å²) in [6, 6.07) is 7.27. The average Bonchev–Trinajstić information content (AvgIpc) is 3.19. The van der Waals surface area contributed by atoms with Crippen molar-refractivity contribution < 1.29 is 14.4 Å². The molecule has 7 heteroatoms. The van der Waals surface area contributed by atoms with Crippen LogP contribution in [0.5, 0.6) is 0 Å². The Labute approximate surface area is 152 Å². The zero-order valence-corrected chi connectivity index (χ0v) is 15.0. The molecule has 6 nitrogen and oxygen atoms in total. The van der Waals surface area contributed by atoms with Crippen LogP contribution in [0.2, 0.25) is 5.02 Å². The molecule has 2 unspecified atom stereocenters. The molecule has 1 aromatic carbocycles. The molecular formula is C18H20ClN3O3. The molecule has 1 aromatic rings. The van der Waals surface area contributed by atoms with Crippen molar-refractivity contribution in [1.82, 2.24) is 9.80 Å². The molecule has 2 aliphatic heterocycles. The highest BCUT2D eigenvalue weighted by Crippen LogP contribution is 2.32. The van der Waals surface area contributed by atoms with Gasteiger partial charge < -0.3 is 14.5 Å². The first kappa shape index (κ1) is 17.6. The summed E-state index contributed by atoms with van der Waals surface area (Å²) in [6.45, 7) is 1.66. The SMILES string of the molecule is COCCN(C)C(=O)N1CCC2C(C#Cc3cccc(Cl)c3)=NOC21. The number of fused-ring (bicyclic) bond motifs is 1. The van der Waals surface area contributed by atoms with Crippen molar-refractivity contribution in [3.63, 3.8) is 0 Å². The largest absolute Gasteiger partial charge is 0.383 e. The molecule has 2 atom stereocenters. The zero-order valence-electron chi connectivity index (χ0n) is 14.2. The molecule has 0 radical (unpaired) electrons. The lowest BCUT2D eigenvalue weighted by atomic mass is 10.0. The molecule has 25 heavy (non-hydrogen) atoms. The summed E-state index contributed by atoms with van der Waals surface area (Å²) in [6.07, 6.45) is 0.415. The number of carbonyl (C=O) groups is 1. The number of benzene rings is 1. The third-order valence-corrected chi connectivity index (χ3v) is 4.54. The molecule has 0 spiro atoms. The van der Waals surface area contributed by atoms with Crippen molar-refractivity contribution >= 4 is 23.3 Å². The Morgan fingerprint density at radius 3 is 3.12 bits per heavy atom. The van der Waals surface area contributed by atoms with Gasteiger partial charge in [0, 0.05) is 37.8 Å². The Kier molecular flexibility index (Phi) is 5.47. The molecule has 2 aliphatic rings. The van der Waals surface area contributed by atoms with Crippen LogP contribution < -0.4 is 0 Å². The van der Waals surface area contributed by atoms with E-state index >= 15 is 0 Å². The average molecular weight is 362 g/mol. The van der Waals surface area contributed by atoms with E-state index in [1.807, 2.05) is 12.1 Å². The molecule has 2 amide bonds. The van der Waals surface area contributed by atoms with Crippen LogP contribution in [0.4, 0.5) is 4.79 Å². The fourth-order valence-corrected chi connectivity index (χ4v) is 3.10. The van der Waals surface area contributed by atoms with Gasteiger partial charge in [0.1, 0.15) is 5.71 Å². The Bertz CT molecular complexity index is 741. The van der Waals surface area contributed by atoms with Crippen LogP contribution >= 0.6 is 11.6 Å². The van der Waals surface area contributed by atoms with Gasteiger partial charge in [0.2, 0.25) is 6.23 Å². The first-order valence-corrected chi connectivity index (χ1v) is 8.50. The van der Waals surface area contributed by atoms with E-state index in [0.717, 1.165) is 12.0 Å². The fraction of sp³-hybridized carbons (Fsp3) is 0.444. The van der Waals surface area contributed by atoms with Gasteiger partial charge in [-0.1, -0.05) is 28.7 Å². The number of carbonyl (C=O) groups excluding carboxylic acids is 1. The minimum absolute atomic E-state index is 0.0199. The Balaban J connectivity index is 1.65. The fourth-order valence-electron chi connectivity index (χ4n) is 2.91. The third kappa shape index (κ3) is 3.89. The standard InChI is InChI=1S/C18H20ClN3O3/c1-21(10-11-24-2)18(23)22-9-8-15-16(20-25-17(15)22)7-6-13-4-3-5-14(19)12-13/h3-5,12,15,17H,8-11H2,1-2H3. The second-order valence-corrected chi connectivity index (χ2v) is 6.45. The molecule has 0 saturated carbocycles. The van der Waals surface area contributed by atoms with Gasteiger partial charge in [-0.05, 0) is 30.5 Å². The number of hydrogen-bond donors (Lipinski definition) is 0. The predicted molar refractivity (Wildman–Crippen MR) is 95.4 cm³/mol. The number of rotatable bonds is 3. The van der Waals surface area contributed by atoms with Gasteiger partial charge in [-0.3, -0.25) is 4.90 Å². The zero-order chi connectivity index (χ0) is 17.8. The summed E-state index contributed by atoms with van der Waals surface area (Å²) < 4.78 is 5.02. The van der Waals surface area contributed by atoms with Crippen LogP contribution in [-0.2, 0) is 9.57 Å². The number of methoxy groups -OCH3 is 1.